The Labute approximate surface area is 198 Å². The van der Waals surface area contributed by atoms with Crippen molar-refractivity contribution in [3.63, 3.8) is 0 Å². The zero-order chi connectivity index (χ0) is 23.8. The second-order valence-electron chi connectivity index (χ2n) is 8.54. The van der Waals surface area contributed by atoms with Crippen LogP contribution in [-0.2, 0) is 6.54 Å². The number of hydrogen-bond acceptors (Lipinski definition) is 5. The molecule has 5 rings (SSSR count). The molecule has 7 heteroatoms. The third-order valence-electron chi connectivity index (χ3n) is 6.12. The number of carbonyl (C=O) groups excluding carboxylic acids is 1. The van der Waals surface area contributed by atoms with E-state index in [-0.39, 0.29) is 11.7 Å². The Morgan fingerprint density at radius 1 is 1.15 bits per heavy atom. The van der Waals surface area contributed by atoms with Crippen LogP contribution in [0.4, 0.5) is 0 Å². The lowest BCUT2D eigenvalue weighted by Crippen LogP contribution is -2.29. The van der Waals surface area contributed by atoms with E-state index in [1.165, 1.54) is 0 Å². The number of hydrogen-bond donors (Lipinski definition) is 2. The van der Waals surface area contributed by atoms with Crippen LogP contribution in [0.25, 0.3) is 11.3 Å². The van der Waals surface area contributed by atoms with Crippen molar-refractivity contribution < 1.29 is 14.6 Å². The maximum atomic E-state index is 13.6. The summed E-state index contributed by atoms with van der Waals surface area (Å²) in [7, 11) is 0. The van der Waals surface area contributed by atoms with Crippen molar-refractivity contribution in [2.24, 2.45) is 0 Å². The highest BCUT2D eigenvalue weighted by atomic mass is 16.5. The lowest BCUT2D eigenvalue weighted by Gasteiger charge is -2.27. The number of aryl methyl sites for hydroxylation is 2. The van der Waals surface area contributed by atoms with Crippen LogP contribution >= 0.6 is 0 Å². The molecule has 0 saturated heterocycles. The Hall–Kier alpha value is -4.13. The van der Waals surface area contributed by atoms with Crippen LogP contribution in [0, 0.1) is 13.8 Å². The monoisotopic (exact) mass is 454 g/mol. The summed E-state index contributed by atoms with van der Waals surface area (Å²) in [6, 6.07) is 15.0. The topological polar surface area (TPSA) is 91.3 Å². The number of aromatic hydroxyl groups is 1. The third-order valence-corrected chi connectivity index (χ3v) is 6.12. The molecule has 4 aromatic rings. The van der Waals surface area contributed by atoms with Gasteiger partial charge in [0.15, 0.2) is 0 Å². The molecular weight excluding hydrogens is 428 g/mol. The molecule has 0 saturated carbocycles. The van der Waals surface area contributed by atoms with E-state index in [2.05, 4.69) is 15.2 Å². The van der Waals surface area contributed by atoms with Crippen molar-refractivity contribution >= 4 is 5.91 Å². The van der Waals surface area contributed by atoms with Gasteiger partial charge in [0.1, 0.15) is 22.9 Å². The second kappa shape index (κ2) is 8.67. The van der Waals surface area contributed by atoms with Crippen molar-refractivity contribution in [3.8, 4) is 22.8 Å². The summed E-state index contributed by atoms with van der Waals surface area (Å²) in [5.74, 6) is 0.759. The van der Waals surface area contributed by atoms with Gasteiger partial charge in [0.05, 0.1) is 12.6 Å². The van der Waals surface area contributed by atoms with Gasteiger partial charge in [0, 0.05) is 30.1 Å². The molecule has 2 aromatic heterocycles. The Morgan fingerprint density at radius 2 is 2.00 bits per heavy atom. The number of pyridine rings is 1. The van der Waals surface area contributed by atoms with Crippen LogP contribution in [0.5, 0.6) is 11.5 Å². The molecule has 172 valence electrons. The number of benzene rings is 2. The highest BCUT2D eigenvalue weighted by Crippen LogP contribution is 2.46. The average Bonchev–Trinajstić information content (AvgIpc) is 3.36. The summed E-state index contributed by atoms with van der Waals surface area (Å²) in [6.45, 7) is 6.71. The Balaban J connectivity index is 1.69. The quantitative estimate of drug-likeness (QED) is 0.431. The number of phenolic OH excluding ortho intramolecular Hbond substituents is 1. The number of ether oxygens (including phenoxy) is 1. The molecular formula is C27H26N4O3. The van der Waals surface area contributed by atoms with Crippen LogP contribution in [-0.4, -0.2) is 37.7 Å². The van der Waals surface area contributed by atoms with Crippen molar-refractivity contribution in [2.75, 3.05) is 6.61 Å². The normalized spacial score (nSPS) is 15.0. The number of aromatic nitrogens is 3. The third kappa shape index (κ3) is 3.69. The summed E-state index contributed by atoms with van der Waals surface area (Å²) in [5.41, 5.74) is 5.98. The number of rotatable bonds is 6. The molecule has 1 amide bonds. The summed E-state index contributed by atoms with van der Waals surface area (Å²) >= 11 is 0. The van der Waals surface area contributed by atoms with Gasteiger partial charge in [-0.1, -0.05) is 24.3 Å². The van der Waals surface area contributed by atoms with Crippen LogP contribution in [0.3, 0.4) is 0 Å². The molecule has 3 heterocycles. The van der Waals surface area contributed by atoms with E-state index in [9.17, 15) is 9.90 Å². The standard InChI is InChI=1S/C27H26N4O3/c1-4-34-20-9-5-8-19(13-20)25-22-23(21-12-16(2)11-17(3)26(21)32)29-30-24(22)27(33)31(25)15-18-7-6-10-28-14-18/h5-14,25,32H,4,15H2,1-3H3,(H,29,30). The number of H-pyrrole nitrogens is 1. The van der Waals surface area contributed by atoms with Crippen LogP contribution in [0.2, 0.25) is 0 Å². The number of aromatic amines is 1. The fraction of sp³-hybridized carbons (Fsp3) is 0.222. The van der Waals surface area contributed by atoms with Gasteiger partial charge in [-0.2, -0.15) is 5.10 Å². The molecule has 0 radical (unpaired) electrons. The van der Waals surface area contributed by atoms with E-state index in [0.29, 0.717) is 30.1 Å². The van der Waals surface area contributed by atoms with E-state index < -0.39 is 6.04 Å². The van der Waals surface area contributed by atoms with E-state index in [1.807, 2.05) is 74.2 Å². The molecule has 2 aromatic carbocycles. The Morgan fingerprint density at radius 3 is 2.76 bits per heavy atom. The van der Waals surface area contributed by atoms with Gasteiger partial charge in [0.25, 0.3) is 5.91 Å². The highest BCUT2D eigenvalue weighted by molar-refractivity contribution is 6.00. The Bertz CT molecular complexity index is 1360. The van der Waals surface area contributed by atoms with E-state index in [0.717, 1.165) is 33.6 Å². The van der Waals surface area contributed by atoms with Gasteiger partial charge in [-0.15, -0.1) is 0 Å². The largest absolute Gasteiger partial charge is 0.507 e. The number of phenols is 1. The molecule has 0 bridgehead atoms. The molecule has 1 aliphatic rings. The zero-order valence-corrected chi connectivity index (χ0v) is 19.4. The first kappa shape index (κ1) is 21.7. The highest BCUT2D eigenvalue weighted by Gasteiger charge is 2.42. The van der Waals surface area contributed by atoms with E-state index in [1.54, 1.807) is 12.4 Å². The second-order valence-corrected chi connectivity index (χ2v) is 8.54. The van der Waals surface area contributed by atoms with Crippen LogP contribution in [0.15, 0.2) is 60.9 Å². The average molecular weight is 455 g/mol. The van der Waals surface area contributed by atoms with Crippen LogP contribution in [0.1, 0.15) is 51.3 Å². The minimum Gasteiger partial charge on any atom is -0.507 e. The predicted octanol–water partition coefficient (Wildman–Crippen LogP) is 4.94. The first-order valence-electron chi connectivity index (χ1n) is 11.3. The summed E-state index contributed by atoms with van der Waals surface area (Å²) in [4.78, 5) is 19.6. The van der Waals surface area contributed by atoms with Crippen LogP contribution < -0.4 is 4.74 Å². The smallest absolute Gasteiger partial charge is 0.273 e. The van der Waals surface area contributed by atoms with E-state index >= 15 is 0 Å². The minimum atomic E-state index is -0.405. The van der Waals surface area contributed by atoms with Gasteiger partial charge >= 0.3 is 0 Å². The number of nitrogens with one attached hydrogen (secondary N) is 1. The molecule has 1 unspecified atom stereocenters. The summed E-state index contributed by atoms with van der Waals surface area (Å²) in [6.07, 6.45) is 3.48. The van der Waals surface area contributed by atoms with Gasteiger partial charge in [-0.3, -0.25) is 14.9 Å². The van der Waals surface area contributed by atoms with Crippen molar-refractivity contribution in [1.82, 2.24) is 20.1 Å². The van der Waals surface area contributed by atoms with Crippen molar-refractivity contribution in [3.05, 3.63) is 94.4 Å². The fourth-order valence-electron chi connectivity index (χ4n) is 4.68. The van der Waals surface area contributed by atoms with Gasteiger partial charge in [-0.25, -0.2) is 0 Å². The molecule has 0 aliphatic carbocycles. The zero-order valence-electron chi connectivity index (χ0n) is 19.4. The SMILES string of the molecule is CCOc1cccc(C2c3c(-c4cc(C)cc(C)c4O)n[nH]c3C(=O)N2Cc2cccnc2)c1. The number of carbonyl (C=O) groups is 1. The predicted molar refractivity (Wildman–Crippen MR) is 129 cm³/mol. The van der Waals surface area contributed by atoms with Crippen molar-refractivity contribution in [1.29, 1.82) is 0 Å². The lowest BCUT2D eigenvalue weighted by molar-refractivity contribution is 0.0729. The molecule has 1 aliphatic heterocycles. The minimum absolute atomic E-state index is 0.145. The number of fused-ring (bicyclic) bond motifs is 1. The molecule has 34 heavy (non-hydrogen) atoms. The number of nitrogens with zero attached hydrogens (tertiary/aromatic N) is 3. The first-order valence-corrected chi connectivity index (χ1v) is 11.3. The summed E-state index contributed by atoms with van der Waals surface area (Å²) < 4.78 is 5.74. The van der Waals surface area contributed by atoms with Crippen molar-refractivity contribution in [2.45, 2.75) is 33.4 Å². The van der Waals surface area contributed by atoms with Gasteiger partial charge in [0.2, 0.25) is 0 Å². The Kier molecular flexibility index (Phi) is 5.53. The molecule has 7 nitrogen and oxygen atoms in total. The summed E-state index contributed by atoms with van der Waals surface area (Å²) in [5, 5.41) is 18.3. The molecule has 0 spiro atoms. The van der Waals surface area contributed by atoms with E-state index in [4.69, 9.17) is 4.74 Å². The maximum Gasteiger partial charge on any atom is 0.273 e. The van der Waals surface area contributed by atoms with Gasteiger partial charge < -0.3 is 14.7 Å². The fourth-order valence-corrected chi connectivity index (χ4v) is 4.68. The molecule has 2 N–H and O–H groups in total. The number of amides is 1. The lowest BCUT2D eigenvalue weighted by atomic mass is 9.94. The molecule has 0 fully saturated rings. The maximum absolute atomic E-state index is 13.6. The van der Waals surface area contributed by atoms with Gasteiger partial charge in [-0.05, 0) is 67.3 Å². The molecule has 1 atom stereocenters. The first-order chi connectivity index (χ1) is 16.5.